The molecule has 4 atom stereocenters. The molecule has 0 unspecified atom stereocenters. The molecule has 22 heteroatoms. The van der Waals surface area contributed by atoms with Gasteiger partial charge in [0.25, 0.3) is 6.47 Å². The number of carbonyl (C=O) groups excluding carboxylic acids is 2. The zero-order chi connectivity index (χ0) is 40.7. The minimum atomic E-state index is -0.250. The SMILES string of the molecule is C[C@]12CN(C(=O)CC#N)C[C@H]1CN(c1nc(Nc3cn[nH]c3)ncc1Cl)C2.C[C@]12CN(C(=O)CC#N)C[C@H]1CN(c1nc(Nc3cn[nH]c3)ncc1Cl)C2.O=CO. The number of halogens is 2. The van der Waals surface area contributed by atoms with Gasteiger partial charge in [-0.2, -0.15) is 30.7 Å². The third kappa shape index (κ3) is 9.08. The number of nitrogens with zero attached hydrogens (tertiary/aromatic N) is 12. The Morgan fingerprint density at radius 3 is 1.53 bits per heavy atom. The molecule has 0 aliphatic carbocycles. The van der Waals surface area contributed by atoms with Gasteiger partial charge in [-0.15, -0.1) is 0 Å². The van der Waals surface area contributed by atoms with Crippen molar-refractivity contribution in [3.05, 3.63) is 47.2 Å². The van der Waals surface area contributed by atoms with E-state index in [0.717, 1.165) is 37.6 Å². The maximum atomic E-state index is 12.1. The fraction of sp³-hybridized carbons (Fsp3) is 0.457. The van der Waals surface area contributed by atoms with Crippen molar-refractivity contribution < 1.29 is 19.5 Å². The molecule has 0 saturated carbocycles. The largest absolute Gasteiger partial charge is 0.483 e. The molecule has 2 amide bonds. The van der Waals surface area contributed by atoms with Crippen LogP contribution in [0.1, 0.15) is 26.7 Å². The first-order valence-corrected chi connectivity index (χ1v) is 18.6. The van der Waals surface area contributed by atoms with Gasteiger partial charge >= 0.3 is 0 Å². The maximum absolute atomic E-state index is 12.1. The number of hydrogen-bond donors (Lipinski definition) is 5. The van der Waals surface area contributed by atoms with Gasteiger partial charge in [0, 0.05) is 87.4 Å². The summed E-state index contributed by atoms with van der Waals surface area (Å²) in [6.07, 6.45) is 9.77. The first kappa shape index (κ1) is 40.4. The molecule has 57 heavy (non-hydrogen) atoms. The van der Waals surface area contributed by atoms with Crippen molar-refractivity contribution in [2.24, 2.45) is 22.7 Å². The minimum absolute atomic E-state index is 0.0441. The number of carbonyl (C=O) groups is 3. The first-order chi connectivity index (χ1) is 27.4. The number of hydrogen-bond acceptors (Lipinski definition) is 15. The number of carboxylic acid groups (broad SMARTS) is 1. The van der Waals surface area contributed by atoms with Gasteiger partial charge in [0.1, 0.15) is 22.9 Å². The topological polar surface area (TPSA) is 265 Å². The lowest BCUT2D eigenvalue weighted by Crippen LogP contribution is -2.35. The maximum Gasteiger partial charge on any atom is 0.290 e. The highest BCUT2D eigenvalue weighted by atomic mass is 35.5. The molecule has 8 heterocycles. The summed E-state index contributed by atoms with van der Waals surface area (Å²) in [5.74, 6) is 2.71. The molecule has 298 valence electrons. The van der Waals surface area contributed by atoms with Crippen molar-refractivity contribution in [2.75, 3.05) is 72.8 Å². The molecule has 4 saturated heterocycles. The lowest BCUT2D eigenvalue weighted by molar-refractivity contribution is -0.130. The number of aromatic amines is 2. The second kappa shape index (κ2) is 17.3. The number of nitriles is 2. The normalized spacial score (nSPS) is 22.9. The number of anilines is 6. The highest BCUT2D eigenvalue weighted by Crippen LogP contribution is 2.46. The number of nitrogens with one attached hydrogen (secondary N) is 4. The van der Waals surface area contributed by atoms with E-state index in [1.165, 1.54) is 0 Å². The Balaban J connectivity index is 0.000000180. The molecule has 0 aromatic carbocycles. The third-order valence-electron chi connectivity index (χ3n) is 10.7. The summed E-state index contributed by atoms with van der Waals surface area (Å²) in [5, 5.41) is 44.8. The summed E-state index contributed by atoms with van der Waals surface area (Å²) in [6, 6.07) is 3.88. The van der Waals surface area contributed by atoms with Gasteiger partial charge in [0.2, 0.25) is 23.7 Å². The van der Waals surface area contributed by atoms with Crippen LogP contribution < -0.4 is 20.4 Å². The molecule has 0 radical (unpaired) electrons. The summed E-state index contributed by atoms with van der Waals surface area (Å²) in [5.41, 5.74) is 1.44. The summed E-state index contributed by atoms with van der Waals surface area (Å²) >= 11 is 12.7. The molecular weight excluding hydrogens is 779 g/mol. The molecule has 4 aromatic heterocycles. The van der Waals surface area contributed by atoms with E-state index in [1.54, 1.807) is 47.0 Å². The van der Waals surface area contributed by atoms with Crippen molar-refractivity contribution in [1.82, 2.24) is 50.1 Å². The molecule has 0 bridgehead atoms. The molecule has 4 fully saturated rings. The quantitative estimate of drug-likeness (QED) is 0.160. The standard InChI is InChI=1S/2C17H19ClN8O.CH2O2/c2*1-17-9-25(14(27)2-3-19)7-11(17)8-26(10-17)15-13(18)6-20-16(24-15)23-12-4-21-22-5-12;2-1-3/h2*4-6,11H,2,7-10H2,1H3,(H,21,22)(H,20,23,24);1H,(H,2,3)/t2*11-,17+;/m00./s1. The van der Waals surface area contributed by atoms with Gasteiger partial charge in [-0.3, -0.25) is 24.6 Å². The van der Waals surface area contributed by atoms with Crippen LogP contribution >= 0.6 is 23.2 Å². The van der Waals surface area contributed by atoms with Crippen molar-refractivity contribution in [1.29, 1.82) is 10.5 Å². The molecule has 4 aliphatic heterocycles. The van der Waals surface area contributed by atoms with E-state index in [0.29, 0.717) is 71.6 Å². The van der Waals surface area contributed by atoms with Gasteiger partial charge in [0.05, 0.1) is 48.3 Å². The Labute approximate surface area is 337 Å². The van der Waals surface area contributed by atoms with Gasteiger partial charge in [0.15, 0.2) is 11.6 Å². The minimum Gasteiger partial charge on any atom is -0.483 e. The fourth-order valence-electron chi connectivity index (χ4n) is 7.92. The average molecular weight is 820 g/mol. The number of fused-ring (bicyclic) bond motifs is 2. The number of H-pyrrole nitrogens is 2. The third-order valence-corrected chi connectivity index (χ3v) is 11.2. The molecule has 0 spiro atoms. The molecule has 5 N–H and O–H groups in total. The Hall–Kier alpha value is -6.25. The number of amides is 2. The van der Waals surface area contributed by atoms with Crippen LogP contribution in [0.5, 0.6) is 0 Å². The number of aromatic nitrogens is 8. The number of likely N-dealkylation sites (tertiary alicyclic amines) is 2. The van der Waals surface area contributed by atoms with Crippen LogP contribution in [0, 0.1) is 45.3 Å². The van der Waals surface area contributed by atoms with Gasteiger partial charge in [-0.25, -0.2) is 9.97 Å². The zero-order valence-electron chi connectivity index (χ0n) is 31.1. The van der Waals surface area contributed by atoms with Crippen LogP contribution in [-0.2, 0) is 14.4 Å². The lowest BCUT2D eigenvalue weighted by atomic mass is 9.83. The van der Waals surface area contributed by atoms with E-state index in [4.69, 9.17) is 43.6 Å². The van der Waals surface area contributed by atoms with Crippen molar-refractivity contribution in [3.8, 4) is 12.1 Å². The highest BCUT2D eigenvalue weighted by molar-refractivity contribution is 6.33. The van der Waals surface area contributed by atoms with E-state index in [9.17, 15) is 9.59 Å². The Bertz CT molecular complexity index is 2000. The smallest absolute Gasteiger partial charge is 0.290 e. The van der Waals surface area contributed by atoms with Gasteiger partial charge in [-0.1, -0.05) is 37.0 Å². The molecule has 8 rings (SSSR count). The molecule has 4 aromatic rings. The fourth-order valence-corrected chi connectivity index (χ4v) is 8.34. The monoisotopic (exact) mass is 818 g/mol. The number of rotatable bonds is 8. The van der Waals surface area contributed by atoms with Crippen molar-refractivity contribution in [2.45, 2.75) is 26.7 Å². The van der Waals surface area contributed by atoms with Crippen molar-refractivity contribution >= 4 is 76.4 Å². The first-order valence-electron chi connectivity index (χ1n) is 17.8. The summed E-state index contributed by atoms with van der Waals surface area (Å²) in [7, 11) is 0. The molecular formula is C35H40Cl2N16O4. The highest BCUT2D eigenvalue weighted by Gasteiger charge is 2.52. The van der Waals surface area contributed by atoms with Crippen LogP contribution in [0.2, 0.25) is 10.0 Å². The van der Waals surface area contributed by atoms with E-state index >= 15 is 0 Å². The average Bonchev–Trinajstić information content (AvgIpc) is 4.03. The second-order valence-corrected chi connectivity index (χ2v) is 15.6. The Kier molecular flexibility index (Phi) is 12.2. The molecule has 20 nitrogen and oxygen atoms in total. The predicted octanol–water partition coefficient (Wildman–Crippen LogP) is 3.29. The van der Waals surface area contributed by atoms with Crippen LogP contribution in [0.25, 0.3) is 0 Å². The summed E-state index contributed by atoms with van der Waals surface area (Å²) in [4.78, 5) is 58.0. The Morgan fingerprint density at radius 1 is 0.789 bits per heavy atom. The van der Waals surface area contributed by atoms with E-state index in [1.807, 2.05) is 12.1 Å². The van der Waals surface area contributed by atoms with Crippen LogP contribution in [0.4, 0.5) is 34.9 Å². The second-order valence-electron chi connectivity index (χ2n) is 14.7. The van der Waals surface area contributed by atoms with Crippen LogP contribution in [-0.4, -0.2) is 126 Å². The Morgan fingerprint density at radius 2 is 1.19 bits per heavy atom. The van der Waals surface area contributed by atoms with Crippen LogP contribution in [0.15, 0.2) is 37.2 Å². The van der Waals surface area contributed by atoms with Crippen LogP contribution in [0.3, 0.4) is 0 Å². The van der Waals surface area contributed by atoms with E-state index < -0.39 is 0 Å². The predicted molar refractivity (Wildman–Crippen MR) is 208 cm³/mol. The summed E-state index contributed by atoms with van der Waals surface area (Å²) < 4.78 is 0. The lowest BCUT2D eigenvalue weighted by Gasteiger charge is -2.26. The zero-order valence-corrected chi connectivity index (χ0v) is 32.6. The van der Waals surface area contributed by atoms with E-state index in [2.05, 4.69) is 74.6 Å². The van der Waals surface area contributed by atoms with Gasteiger partial charge in [-0.05, 0) is 0 Å². The van der Waals surface area contributed by atoms with E-state index in [-0.39, 0.29) is 42.0 Å². The van der Waals surface area contributed by atoms with Crippen molar-refractivity contribution in [3.63, 3.8) is 0 Å². The summed E-state index contributed by atoms with van der Waals surface area (Å²) in [6.45, 7) is 9.74. The molecule has 4 aliphatic rings. The van der Waals surface area contributed by atoms with Gasteiger partial charge < -0.3 is 35.3 Å².